The van der Waals surface area contributed by atoms with Gasteiger partial charge in [-0.05, 0) is 13.8 Å². The Morgan fingerprint density at radius 2 is 2.29 bits per heavy atom. The van der Waals surface area contributed by atoms with E-state index in [0.29, 0.717) is 6.54 Å². The zero-order valence-corrected chi connectivity index (χ0v) is 9.20. The molecule has 1 aliphatic rings. The molecule has 0 saturated carbocycles. The average Bonchev–Trinajstić information content (AvgIpc) is 2.40. The Hall–Kier alpha value is -0.610. The Morgan fingerprint density at radius 3 is 2.86 bits per heavy atom. The summed E-state index contributed by atoms with van der Waals surface area (Å²) in [4.78, 5) is 0. The van der Waals surface area contributed by atoms with Crippen LogP contribution in [-0.4, -0.2) is 15.4 Å². The topological polar surface area (TPSA) is 29.9 Å². The highest BCUT2D eigenvalue weighted by Crippen LogP contribution is 2.16. The number of halogens is 2. The van der Waals surface area contributed by atoms with Crippen molar-refractivity contribution < 1.29 is 4.39 Å². The molecule has 2 rings (SSSR count). The standard InChI is InChI=1S/C9H14FN3.ClH/c1-9(2,10)6-13-5-7-3-11-4-8(7)12-13;/h5,11H,3-4,6H2,1-2H3;1H. The highest BCUT2D eigenvalue weighted by atomic mass is 35.5. The normalized spacial score (nSPS) is 15.1. The number of alkyl halides is 1. The second-order valence-electron chi connectivity index (χ2n) is 4.12. The van der Waals surface area contributed by atoms with Gasteiger partial charge in [0.15, 0.2) is 0 Å². The summed E-state index contributed by atoms with van der Waals surface area (Å²) in [7, 11) is 0. The minimum Gasteiger partial charge on any atom is -0.307 e. The fourth-order valence-electron chi connectivity index (χ4n) is 1.58. The molecule has 1 aromatic rings. The minimum atomic E-state index is -1.19. The molecule has 0 aromatic carbocycles. The van der Waals surface area contributed by atoms with Crippen molar-refractivity contribution in [3.05, 3.63) is 17.5 Å². The first kappa shape index (κ1) is 11.5. The van der Waals surface area contributed by atoms with Crippen molar-refractivity contribution in [2.45, 2.75) is 39.2 Å². The van der Waals surface area contributed by atoms with Crippen molar-refractivity contribution in [3.63, 3.8) is 0 Å². The zero-order valence-electron chi connectivity index (χ0n) is 8.38. The fourth-order valence-corrected chi connectivity index (χ4v) is 1.58. The Labute approximate surface area is 89.1 Å². The number of fused-ring (bicyclic) bond motifs is 1. The molecule has 0 unspecified atom stereocenters. The van der Waals surface area contributed by atoms with Crippen molar-refractivity contribution in [1.29, 1.82) is 0 Å². The summed E-state index contributed by atoms with van der Waals surface area (Å²) in [5.74, 6) is 0. The Bertz CT molecular complexity index is 295. The van der Waals surface area contributed by atoms with Crippen molar-refractivity contribution in [3.8, 4) is 0 Å². The molecule has 0 fully saturated rings. The summed E-state index contributed by atoms with van der Waals surface area (Å²) in [6.07, 6.45) is 1.93. The maximum absolute atomic E-state index is 13.3. The van der Waals surface area contributed by atoms with E-state index < -0.39 is 5.67 Å². The van der Waals surface area contributed by atoms with Crippen LogP contribution in [0.25, 0.3) is 0 Å². The Balaban J connectivity index is 0.000000980. The Kier molecular flexibility index (Phi) is 3.17. The summed E-state index contributed by atoms with van der Waals surface area (Å²) in [6, 6.07) is 0. The monoisotopic (exact) mass is 219 g/mol. The van der Waals surface area contributed by atoms with Crippen LogP contribution in [0.2, 0.25) is 0 Å². The van der Waals surface area contributed by atoms with Gasteiger partial charge in [-0.25, -0.2) is 4.39 Å². The van der Waals surface area contributed by atoms with E-state index in [9.17, 15) is 4.39 Å². The molecule has 3 nitrogen and oxygen atoms in total. The van der Waals surface area contributed by atoms with Crippen LogP contribution in [0, 0.1) is 0 Å². The van der Waals surface area contributed by atoms with Gasteiger partial charge in [-0.1, -0.05) is 0 Å². The van der Waals surface area contributed by atoms with Crippen LogP contribution in [-0.2, 0) is 19.6 Å². The third-order valence-electron chi connectivity index (χ3n) is 2.07. The molecular weight excluding hydrogens is 205 g/mol. The molecule has 1 aromatic heterocycles. The first-order valence-corrected chi connectivity index (χ1v) is 4.49. The van der Waals surface area contributed by atoms with Gasteiger partial charge < -0.3 is 5.32 Å². The summed E-state index contributed by atoms with van der Waals surface area (Å²) in [6.45, 7) is 5.15. The lowest BCUT2D eigenvalue weighted by Crippen LogP contribution is -2.21. The van der Waals surface area contributed by atoms with Crippen LogP contribution >= 0.6 is 12.4 Å². The summed E-state index contributed by atoms with van der Waals surface area (Å²) >= 11 is 0. The van der Waals surface area contributed by atoms with Gasteiger partial charge in [0.2, 0.25) is 0 Å². The molecule has 0 amide bonds. The largest absolute Gasteiger partial charge is 0.307 e. The van der Waals surface area contributed by atoms with E-state index in [1.807, 2.05) is 6.20 Å². The first-order chi connectivity index (χ1) is 6.04. The predicted molar refractivity (Wildman–Crippen MR) is 55.2 cm³/mol. The maximum atomic E-state index is 13.3. The zero-order chi connectivity index (χ0) is 9.47. The van der Waals surface area contributed by atoms with Crippen LogP contribution in [0.1, 0.15) is 25.1 Å². The van der Waals surface area contributed by atoms with E-state index in [0.717, 1.165) is 18.8 Å². The first-order valence-electron chi connectivity index (χ1n) is 4.49. The van der Waals surface area contributed by atoms with Gasteiger partial charge in [0, 0.05) is 24.8 Å². The molecule has 5 heteroatoms. The second-order valence-corrected chi connectivity index (χ2v) is 4.12. The van der Waals surface area contributed by atoms with Gasteiger partial charge in [0.25, 0.3) is 0 Å². The number of aromatic nitrogens is 2. The molecule has 0 saturated heterocycles. The van der Waals surface area contributed by atoms with Crippen LogP contribution < -0.4 is 5.32 Å². The third-order valence-corrected chi connectivity index (χ3v) is 2.07. The van der Waals surface area contributed by atoms with Gasteiger partial charge in [-0.3, -0.25) is 4.68 Å². The summed E-state index contributed by atoms with van der Waals surface area (Å²) in [5.41, 5.74) is 1.07. The van der Waals surface area contributed by atoms with E-state index in [-0.39, 0.29) is 12.4 Å². The fraction of sp³-hybridized carbons (Fsp3) is 0.667. The smallest absolute Gasteiger partial charge is 0.124 e. The Morgan fingerprint density at radius 1 is 1.57 bits per heavy atom. The number of nitrogens with zero attached hydrogens (tertiary/aromatic N) is 2. The lowest BCUT2D eigenvalue weighted by Gasteiger charge is -2.13. The molecule has 0 bridgehead atoms. The lowest BCUT2D eigenvalue weighted by atomic mass is 10.2. The van der Waals surface area contributed by atoms with E-state index in [1.165, 1.54) is 5.56 Å². The number of nitrogens with one attached hydrogen (secondary N) is 1. The van der Waals surface area contributed by atoms with E-state index >= 15 is 0 Å². The van der Waals surface area contributed by atoms with Gasteiger partial charge >= 0.3 is 0 Å². The quantitative estimate of drug-likeness (QED) is 0.820. The van der Waals surface area contributed by atoms with Crippen LogP contribution in [0.4, 0.5) is 4.39 Å². The summed E-state index contributed by atoms with van der Waals surface area (Å²) in [5, 5.41) is 7.48. The molecule has 2 heterocycles. The van der Waals surface area contributed by atoms with Crippen molar-refractivity contribution >= 4 is 12.4 Å². The number of hydrogen-bond acceptors (Lipinski definition) is 2. The molecule has 1 aliphatic heterocycles. The molecule has 14 heavy (non-hydrogen) atoms. The van der Waals surface area contributed by atoms with E-state index in [1.54, 1.807) is 18.5 Å². The van der Waals surface area contributed by atoms with Gasteiger partial charge in [0.05, 0.1) is 12.2 Å². The van der Waals surface area contributed by atoms with Crippen LogP contribution in [0.15, 0.2) is 6.20 Å². The minimum absolute atomic E-state index is 0. The number of hydrogen-bond donors (Lipinski definition) is 1. The molecular formula is C9H15ClFN3. The number of rotatable bonds is 2. The van der Waals surface area contributed by atoms with E-state index in [2.05, 4.69) is 10.4 Å². The van der Waals surface area contributed by atoms with Crippen LogP contribution in [0.5, 0.6) is 0 Å². The molecule has 0 atom stereocenters. The second kappa shape index (κ2) is 3.87. The summed E-state index contributed by atoms with van der Waals surface area (Å²) < 4.78 is 15.0. The molecule has 0 spiro atoms. The van der Waals surface area contributed by atoms with Crippen molar-refractivity contribution in [2.24, 2.45) is 0 Å². The average molecular weight is 220 g/mol. The van der Waals surface area contributed by atoms with Gasteiger partial charge in [-0.15, -0.1) is 12.4 Å². The lowest BCUT2D eigenvalue weighted by molar-refractivity contribution is 0.179. The molecule has 80 valence electrons. The molecule has 0 aliphatic carbocycles. The van der Waals surface area contributed by atoms with Crippen molar-refractivity contribution in [1.82, 2.24) is 15.1 Å². The highest BCUT2D eigenvalue weighted by Gasteiger charge is 2.20. The molecule has 1 N–H and O–H groups in total. The van der Waals surface area contributed by atoms with Gasteiger partial charge in [-0.2, -0.15) is 5.10 Å². The van der Waals surface area contributed by atoms with Crippen molar-refractivity contribution in [2.75, 3.05) is 0 Å². The van der Waals surface area contributed by atoms with Gasteiger partial charge in [0.1, 0.15) is 5.67 Å². The highest BCUT2D eigenvalue weighted by molar-refractivity contribution is 5.85. The SMILES string of the molecule is CC(C)(F)Cn1cc2c(n1)CNC2.Cl. The van der Waals surface area contributed by atoms with E-state index in [4.69, 9.17) is 0 Å². The molecule has 0 radical (unpaired) electrons. The van der Waals surface area contributed by atoms with Crippen LogP contribution in [0.3, 0.4) is 0 Å². The predicted octanol–water partition coefficient (Wildman–Crippen LogP) is 1.66. The third kappa shape index (κ3) is 2.45. The maximum Gasteiger partial charge on any atom is 0.124 e.